The van der Waals surface area contributed by atoms with Gasteiger partial charge in [-0.3, -0.25) is 4.79 Å². The molecule has 0 radical (unpaired) electrons. The predicted molar refractivity (Wildman–Crippen MR) is 101 cm³/mol. The minimum atomic E-state index is -1.20. The summed E-state index contributed by atoms with van der Waals surface area (Å²) in [6.07, 6.45) is 4.31. The number of aliphatic carboxylic acids is 1. The van der Waals surface area contributed by atoms with Crippen LogP contribution in [0.4, 0.5) is 5.00 Å². The van der Waals surface area contributed by atoms with Gasteiger partial charge in [-0.1, -0.05) is 20.8 Å². The Morgan fingerprint density at radius 3 is 2.58 bits per heavy atom. The number of thiophene rings is 1. The number of rotatable bonds is 5. The molecule has 0 fully saturated rings. The van der Waals surface area contributed by atoms with Crippen molar-refractivity contribution in [2.75, 3.05) is 11.9 Å². The predicted octanol–water partition coefficient (Wildman–Crippen LogP) is 3.66. The normalized spacial score (nSPS) is 17.0. The summed E-state index contributed by atoms with van der Waals surface area (Å²) in [5.41, 5.74) is 1.53. The number of anilines is 1. The quantitative estimate of drug-likeness (QED) is 0.602. The first-order valence-electron chi connectivity index (χ1n) is 8.67. The van der Waals surface area contributed by atoms with Crippen LogP contribution in [0.1, 0.15) is 54.9 Å². The number of nitrogens with one attached hydrogen (secondary N) is 1. The third-order valence-electron chi connectivity index (χ3n) is 4.58. The number of carbonyl (C=O) groups is 3. The Morgan fingerprint density at radius 2 is 2.00 bits per heavy atom. The molecular formula is C19H25NO5S. The highest BCUT2D eigenvalue weighted by molar-refractivity contribution is 7.17. The van der Waals surface area contributed by atoms with Crippen molar-refractivity contribution in [3.63, 3.8) is 0 Å². The first-order valence-corrected chi connectivity index (χ1v) is 9.48. The molecule has 1 aliphatic carbocycles. The lowest BCUT2D eigenvalue weighted by molar-refractivity contribution is -0.131. The van der Waals surface area contributed by atoms with Crippen LogP contribution in [0.2, 0.25) is 0 Å². The van der Waals surface area contributed by atoms with E-state index in [4.69, 9.17) is 9.84 Å². The number of esters is 1. The van der Waals surface area contributed by atoms with Crippen molar-refractivity contribution in [2.24, 2.45) is 11.3 Å². The smallest absolute Gasteiger partial charge is 0.341 e. The maximum atomic E-state index is 12.4. The molecule has 1 heterocycles. The third kappa shape index (κ3) is 4.72. The summed E-state index contributed by atoms with van der Waals surface area (Å²) in [6, 6.07) is 0. The zero-order valence-electron chi connectivity index (χ0n) is 15.5. The topological polar surface area (TPSA) is 92.7 Å². The summed E-state index contributed by atoms with van der Waals surface area (Å²) in [7, 11) is 0. The molecule has 6 nitrogen and oxygen atoms in total. The van der Waals surface area contributed by atoms with Crippen LogP contribution in [0.25, 0.3) is 0 Å². The van der Waals surface area contributed by atoms with Gasteiger partial charge in [-0.25, -0.2) is 9.59 Å². The Bertz CT molecular complexity index is 742. The Balaban J connectivity index is 2.35. The summed E-state index contributed by atoms with van der Waals surface area (Å²) in [4.78, 5) is 36.1. The number of fused-ring (bicyclic) bond motifs is 1. The molecule has 1 atom stereocenters. The van der Waals surface area contributed by atoms with E-state index >= 15 is 0 Å². The average Bonchev–Trinajstić information content (AvgIpc) is 2.89. The fourth-order valence-corrected chi connectivity index (χ4v) is 4.45. The van der Waals surface area contributed by atoms with Gasteiger partial charge >= 0.3 is 11.9 Å². The van der Waals surface area contributed by atoms with Gasteiger partial charge in [0, 0.05) is 17.0 Å². The highest BCUT2D eigenvalue weighted by Gasteiger charge is 2.34. The highest BCUT2D eigenvalue weighted by atomic mass is 32.1. The minimum Gasteiger partial charge on any atom is -0.478 e. The van der Waals surface area contributed by atoms with Crippen molar-refractivity contribution in [2.45, 2.75) is 47.0 Å². The van der Waals surface area contributed by atoms with E-state index < -0.39 is 17.8 Å². The second-order valence-corrected chi connectivity index (χ2v) is 8.50. The van der Waals surface area contributed by atoms with Gasteiger partial charge in [-0.15, -0.1) is 11.3 Å². The molecule has 1 aromatic heterocycles. The van der Waals surface area contributed by atoms with Crippen molar-refractivity contribution in [1.82, 2.24) is 0 Å². The van der Waals surface area contributed by atoms with E-state index in [0.29, 0.717) is 16.5 Å². The van der Waals surface area contributed by atoms with E-state index in [1.165, 1.54) is 11.3 Å². The lowest BCUT2D eigenvalue weighted by Gasteiger charge is -2.33. The Kier molecular flexibility index (Phi) is 6.23. The van der Waals surface area contributed by atoms with Crippen molar-refractivity contribution >= 4 is 34.2 Å². The van der Waals surface area contributed by atoms with Crippen molar-refractivity contribution < 1.29 is 24.2 Å². The fraction of sp³-hybridized carbons (Fsp3) is 0.526. The van der Waals surface area contributed by atoms with Crippen molar-refractivity contribution in [1.29, 1.82) is 0 Å². The minimum absolute atomic E-state index is 0.166. The van der Waals surface area contributed by atoms with Gasteiger partial charge in [-0.2, -0.15) is 0 Å². The average molecular weight is 379 g/mol. The summed E-state index contributed by atoms with van der Waals surface area (Å²) < 4.78 is 5.17. The van der Waals surface area contributed by atoms with Gasteiger partial charge < -0.3 is 15.2 Å². The van der Waals surface area contributed by atoms with E-state index in [1.807, 2.05) is 0 Å². The standard InChI is InChI=1S/C19H25NO5S/c1-5-25-18(24)16-12-7-6-11(19(2,3)4)10-13(12)26-17(16)20-14(21)8-9-15(22)23/h8-9,11H,5-7,10H2,1-4H3,(H,20,21)(H,22,23)/t11-/m0/s1. The van der Waals surface area contributed by atoms with Crippen LogP contribution < -0.4 is 5.32 Å². The summed E-state index contributed by atoms with van der Waals surface area (Å²) in [5, 5.41) is 11.7. The van der Waals surface area contributed by atoms with E-state index in [0.717, 1.165) is 41.9 Å². The van der Waals surface area contributed by atoms with Gasteiger partial charge in [0.1, 0.15) is 5.00 Å². The van der Waals surface area contributed by atoms with Crippen molar-refractivity contribution in [3.05, 3.63) is 28.2 Å². The van der Waals surface area contributed by atoms with Crippen LogP contribution in [-0.4, -0.2) is 29.6 Å². The third-order valence-corrected chi connectivity index (χ3v) is 5.75. The van der Waals surface area contributed by atoms with Crippen LogP contribution in [0.15, 0.2) is 12.2 Å². The number of hydrogen-bond acceptors (Lipinski definition) is 5. The number of amides is 1. The van der Waals surface area contributed by atoms with E-state index in [9.17, 15) is 14.4 Å². The molecular weight excluding hydrogens is 354 g/mol. The number of carboxylic acid groups (broad SMARTS) is 1. The number of ether oxygens (including phenoxy) is 1. The molecule has 0 bridgehead atoms. The Hall–Kier alpha value is -2.15. The van der Waals surface area contributed by atoms with Gasteiger partial charge in [0.2, 0.25) is 5.91 Å². The van der Waals surface area contributed by atoms with Crippen LogP contribution in [0.3, 0.4) is 0 Å². The first-order chi connectivity index (χ1) is 12.1. The van der Waals surface area contributed by atoms with Gasteiger partial charge in [0.15, 0.2) is 0 Å². The first kappa shape index (κ1) is 20.2. The van der Waals surface area contributed by atoms with Crippen molar-refractivity contribution in [3.8, 4) is 0 Å². The molecule has 0 saturated heterocycles. The summed E-state index contributed by atoms with van der Waals surface area (Å²) in [6.45, 7) is 8.62. The molecule has 0 aliphatic heterocycles. The number of carbonyl (C=O) groups excluding carboxylic acids is 2. The fourth-order valence-electron chi connectivity index (χ4n) is 3.13. The monoisotopic (exact) mass is 379 g/mol. The molecule has 26 heavy (non-hydrogen) atoms. The highest BCUT2D eigenvalue weighted by Crippen LogP contribution is 2.44. The molecule has 2 N–H and O–H groups in total. The molecule has 2 rings (SSSR count). The summed E-state index contributed by atoms with van der Waals surface area (Å²) in [5.74, 6) is -1.73. The molecule has 0 aromatic carbocycles. The lowest BCUT2D eigenvalue weighted by atomic mass is 9.72. The molecule has 7 heteroatoms. The molecule has 1 aromatic rings. The largest absolute Gasteiger partial charge is 0.478 e. The van der Waals surface area contributed by atoms with Crippen LogP contribution in [-0.2, 0) is 27.2 Å². The maximum absolute atomic E-state index is 12.4. The van der Waals surface area contributed by atoms with E-state index in [1.54, 1.807) is 6.92 Å². The lowest BCUT2D eigenvalue weighted by Crippen LogP contribution is -2.26. The second-order valence-electron chi connectivity index (χ2n) is 7.39. The Labute approximate surface area is 157 Å². The summed E-state index contributed by atoms with van der Waals surface area (Å²) >= 11 is 1.38. The van der Waals surface area contributed by atoms with Crippen LogP contribution in [0.5, 0.6) is 0 Å². The van der Waals surface area contributed by atoms with Crippen LogP contribution >= 0.6 is 11.3 Å². The number of hydrogen-bond donors (Lipinski definition) is 2. The molecule has 0 saturated carbocycles. The molecule has 1 amide bonds. The van der Waals surface area contributed by atoms with Crippen LogP contribution in [0, 0.1) is 11.3 Å². The SMILES string of the molecule is CCOC(=O)c1c(NC(=O)C=CC(=O)O)sc2c1CC[C@H](C(C)(C)C)C2. The van der Waals surface area contributed by atoms with Gasteiger partial charge in [0.05, 0.1) is 12.2 Å². The van der Waals surface area contributed by atoms with Gasteiger partial charge in [0.25, 0.3) is 0 Å². The molecule has 142 valence electrons. The zero-order chi connectivity index (χ0) is 19.5. The Morgan fingerprint density at radius 1 is 1.31 bits per heavy atom. The van der Waals surface area contributed by atoms with E-state index in [-0.39, 0.29) is 12.0 Å². The van der Waals surface area contributed by atoms with E-state index in [2.05, 4.69) is 26.1 Å². The molecule has 1 aliphatic rings. The number of carboxylic acids is 1. The second kappa shape index (κ2) is 8.03. The maximum Gasteiger partial charge on any atom is 0.341 e. The molecule has 0 spiro atoms. The zero-order valence-corrected chi connectivity index (χ0v) is 16.4. The van der Waals surface area contributed by atoms with Gasteiger partial charge in [-0.05, 0) is 43.1 Å². The molecule has 0 unspecified atom stereocenters.